The van der Waals surface area contributed by atoms with Gasteiger partial charge in [-0.3, -0.25) is 4.90 Å². The van der Waals surface area contributed by atoms with E-state index in [1.807, 2.05) is 19.1 Å². The molecule has 4 heteroatoms. The molecule has 1 saturated carbocycles. The fourth-order valence-electron chi connectivity index (χ4n) is 3.59. The van der Waals surface area contributed by atoms with Crippen LogP contribution in [0.25, 0.3) is 0 Å². The quantitative estimate of drug-likeness (QED) is 0.905. The highest BCUT2D eigenvalue weighted by Crippen LogP contribution is 2.37. The molecule has 0 radical (unpaired) electrons. The van der Waals surface area contributed by atoms with Crippen LogP contribution in [0, 0.1) is 24.6 Å². The van der Waals surface area contributed by atoms with Gasteiger partial charge in [0.05, 0.1) is 0 Å². The SMILES string of the molecule is Cc1ccc(F)c(CN2CC3CCC(N)C3C2)c1.Cl. The molecule has 0 aromatic heterocycles. The second kappa shape index (κ2) is 5.78. The van der Waals surface area contributed by atoms with E-state index in [4.69, 9.17) is 5.73 Å². The van der Waals surface area contributed by atoms with Gasteiger partial charge in [0.1, 0.15) is 5.82 Å². The van der Waals surface area contributed by atoms with Crippen molar-refractivity contribution in [3.05, 3.63) is 35.1 Å². The van der Waals surface area contributed by atoms with Crippen molar-refractivity contribution in [1.29, 1.82) is 0 Å². The second-order valence-corrected chi connectivity index (χ2v) is 5.95. The minimum absolute atomic E-state index is 0. The van der Waals surface area contributed by atoms with E-state index in [-0.39, 0.29) is 18.2 Å². The lowest BCUT2D eigenvalue weighted by Crippen LogP contribution is -2.30. The predicted octanol–water partition coefficient (Wildman–Crippen LogP) is 2.73. The normalized spacial score (nSPS) is 30.2. The van der Waals surface area contributed by atoms with Gasteiger partial charge in [-0.05, 0) is 37.7 Å². The fourth-order valence-corrected chi connectivity index (χ4v) is 3.59. The molecule has 106 valence electrons. The summed E-state index contributed by atoms with van der Waals surface area (Å²) in [6.45, 7) is 4.87. The Balaban J connectivity index is 0.00000133. The Labute approximate surface area is 120 Å². The van der Waals surface area contributed by atoms with Crippen molar-refractivity contribution in [2.45, 2.75) is 32.4 Å². The summed E-state index contributed by atoms with van der Waals surface area (Å²) in [7, 11) is 0. The van der Waals surface area contributed by atoms with Crippen LogP contribution in [-0.4, -0.2) is 24.0 Å². The first kappa shape index (κ1) is 14.8. The van der Waals surface area contributed by atoms with Gasteiger partial charge in [-0.25, -0.2) is 4.39 Å². The van der Waals surface area contributed by atoms with Gasteiger partial charge >= 0.3 is 0 Å². The molecule has 1 aliphatic carbocycles. The lowest BCUT2D eigenvalue weighted by molar-refractivity contribution is 0.293. The Morgan fingerprint density at radius 1 is 1.32 bits per heavy atom. The van der Waals surface area contributed by atoms with Gasteiger partial charge < -0.3 is 5.73 Å². The molecule has 1 aliphatic heterocycles. The van der Waals surface area contributed by atoms with Crippen molar-refractivity contribution in [3.63, 3.8) is 0 Å². The van der Waals surface area contributed by atoms with Crippen LogP contribution in [-0.2, 0) is 6.54 Å². The number of rotatable bonds is 2. The standard InChI is InChI=1S/C15H21FN2.ClH/c1-10-2-4-14(16)12(6-10)8-18-7-11-3-5-15(17)13(11)9-18;/h2,4,6,11,13,15H,3,5,7-9,17H2,1H3;1H. The molecule has 2 N–H and O–H groups in total. The average molecular weight is 285 g/mol. The summed E-state index contributed by atoms with van der Waals surface area (Å²) in [5, 5.41) is 0. The number of benzene rings is 1. The monoisotopic (exact) mass is 284 g/mol. The number of aryl methyl sites for hydroxylation is 1. The van der Waals surface area contributed by atoms with E-state index in [2.05, 4.69) is 4.90 Å². The van der Waals surface area contributed by atoms with Crippen LogP contribution < -0.4 is 5.73 Å². The van der Waals surface area contributed by atoms with E-state index in [0.29, 0.717) is 12.0 Å². The van der Waals surface area contributed by atoms with Crippen molar-refractivity contribution < 1.29 is 4.39 Å². The molecule has 1 aromatic rings. The Hall–Kier alpha value is -0.640. The van der Waals surface area contributed by atoms with Crippen molar-refractivity contribution >= 4 is 12.4 Å². The van der Waals surface area contributed by atoms with Crippen molar-refractivity contribution in [2.24, 2.45) is 17.6 Å². The van der Waals surface area contributed by atoms with Gasteiger partial charge in [-0.15, -0.1) is 12.4 Å². The summed E-state index contributed by atoms with van der Waals surface area (Å²) in [4.78, 5) is 2.37. The van der Waals surface area contributed by atoms with Gasteiger partial charge in [-0.2, -0.15) is 0 Å². The van der Waals surface area contributed by atoms with Crippen molar-refractivity contribution in [3.8, 4) is 0 Å². The minimum atomic E-state index is -0.0815. The van der Waals surface area contributed by atoms with Crippen LogP contribution in [0.1, 0.15) is 24.0 Å². The van der Waals surface area contributed by atoms with Gasteiger partial charge in [0.25, 0.3) is 0 Å². The van der Waals surface area contributed by atoms with Crippen LogP contribution in [0.3, 0.4) is 0 Å². The Kier molecular flexibility index (Phi) is 4.49. The van der Waals surface area contributed by atoms with Crippen LogP contribution in [0.4, 0.5) is 4.39 Å². The number of nitrogens with zero attached hydrogens (tertiary/aromatic N) is 1. The molecular weight excluding hydrogens is 263 g/mol. The Morgan fingerprint density at radius 3 is 2.84 bits per heavy atom. The molecule has 0 bridgehead atoms. The lowest BCUT2D eigenvalue weighted by atomic mass is 9.98. The van der Waals surface area contributed by atoms with Crippen molar-refractivity contribution in [2.75, 3.05) is 13.1 Å². The highest BCUT2D eigenvalue weighted by molar-refractivity contribution is 5.85. The van der Waals surface area contributed by atoms with Crippen molar-refractivity contribution in [1.82, 2.24) is 4.90 Å². The molecule has 1 saturated heterocycles. The maximum atomic E-state index is 13.7. The third-order valence-electron chi connectivity index (χ3n) is 4.58. The summed E-state index contributed by atoms with van der Waals surface area (Å²) in [6.07, 6.45) is 2.42. The molecule has 2 nitrogen and oxygen atoms in total. The maximum Gasteiger partial charge on any atom is 0.127 e. The summed E-state index contributed by atoms with van der Waals surface area (Å²) >= 11 is 0. The molecular formula is C15H22ClFN2. The predicted molar refractivity (Wildman–Crippen MR) is 77.9 cm³/mol. The van der Waals surface area contributed by atoms with E-state index < -0.39 is 0 Å². The first-order valence-electron chi connectivity index (χ1n) is 6.86. The van der Waals surface area contributed by atoms with Crippen LogP contribution in [0.15, 0.2) is 18.2 Å². The van der Waals surface area contributed by atoms with E-state index in [1.54, 1.807) is 6.07 Å². The largest absolute Gasteiger partial charge is 0.327 e. The molecule has 0 amide bonds. The fraction of sp³-hybridized carbons (Fsp3) is 0.600. The maximum absolute atomic E-state index is 13.7. The van der Waals surface area contributed by atoms with Crippen LogP contribution in [0.5, 0.6) is 0 Å². The Bertz CT molecular complexity index is 452. The van der Waals surface area contributed by atoms with E-state index in [1.165, 1.54) is 12.8 Å². The zero-order valence-electron chi connectivity index (χ0n) is 11.3. The van der Waals surface area contributed by atoms with E-state index >= 15 is 0 Å². The topological polar surface area (TPSA) is 29.3 Å². The zero-order valence-corrected chi connectivity index (χ0v) is 12.1. The molecule has 19 heavy (non-hydrogen) atoms. The summed E-state index contributed by atoms with van der Waals surface area (Å²) in [5.41, 5.74) is 8.08. The number of hydrogen-bond acceptors (Lipinski definition) is 2. The smallest absolute Gasteiger partial charge is 0.127 e. The number of nitrogens with two attached hydrogens (primary N) is 1. The van der Waals surface area contributed by atoms with E-state index in [0.717, 1.165) is 36.7 Å². The minimum Gasteiger partial charge on any atom is -0.327 e. The van der Waals surface area contributed by atoms with Crippen LogP contribution in [0.2, 0.25) is 0 Å². The second-order valence-electron chi connectivity index (χ2n) is 5.95. The molecule has 0 spiro atoms. The van der Waals surface area contributed by atoms with Gasteiger partial charge in [0, 0.05) is 31.2 Å². The molecule has 2 fully saturated rings. The molecule has 1 heterocycles. The van der Waals surface area contributed by atoms with Gasteiger partial charge in [0.15, 0.2) is 0 Å². The first-order chi connectivity index (χ1) is 8.63. The zero-order chi connectivity index (χ0) is 12.7. The summed E-state index contributed by atoms with van der Waals surface area (Å²) in [6, 6.07) is 5.73. The van der Waals surface area contributed by atoms with Gasteiger partial charge in [0.2, 0.25) is 0 Å². The summed E-state index contributed by atoms with van der Waals surface area (Å²) < 4.78 is 13.7. The summed E-state index contributed by atoms with van der Waals surface area (Å²) in [5.74, 6) is 1.30. The van der Waals surface area contributed by atoms with Gasteiger partial charge in [-0.1, -0.05) is 17.7 Å². The number of halogens is 2. The number of hydrogen-bond donors (Lipinski definition) is 1. The van der Waals surface area contributed by atoms with Crippen LogP contribution >= 0.6 is 12.4 Å². The third-order valence-corrected chi connectivity index (χ3v) is 4.58. The highest BCUT2D eigenvalue weighted by atomic mass is 35.5. The molecule has 3 unspecified atom stereocenters. The molecule has 2 aliphatic rings. The third kappa shape index (κ3) is 2.93. The first-order valence-corrected chi connectivity index (χ1v) is 6.86. The highest BCUT2D eigenvalue weighted by Gasteiger charge is 2.40. The Morgan fingerprint density at radius 2 is 2.11 bits per heavy atom. The molecule has 3 atom stereocenters. The molecule has 1 aromatic carbocycles. The molecule has 3 rings (SSSR count). The van der Waals surface area contributed by atoms with E-state index in [9.17, 15) is 4.39 Å². The number of fused-ring (bicyclic) bond motifs is 1. The number of likely N-dealkylation sites (tertiary alicyclic amines) is 1. The average Bonchev–Trinajstić information content (AvgIpc) is 2.87. The lowest BCUT2D eigenvalue weighted by Gasteiger charge is -2.19.